The number of carbonyl (C=O) groups is 1. The lowest BCUT2D eigenvalue weighted by Gasteiger charge is -2.23. The summed E-state index contributed by atoms with van der Waals surface area (Å²) in [7, 11) is 0. The summed E-state index contributed by atoms with van der Waals surface area (Å²) in [6.07, 6.45) is 7.73. The van der Waals surface area contributed by atoms with E-state index in [-0.39, 0.29) is 5.91 Å². The van der Waals surface area contributed by atoms with Gasteiger partial charge in [0.1, 0.15) is 0 Å². The average molecular weight is 361 g/mol. The zero-order valence-corrected chi connectivity index (χ0v) is 16.2. The first-order valence-corrected chi connectivity index (χ1v) is 9.61. The number of para-hydroxylation sites is 1. The number of rotatable bonds is 7. The molecule has 0 saturated heterocycles. The van der Waals surface area contributed by atoms with Crippen LogP contribution < -0.4 is 4.90 Å². The molecule has 1 heterocycles. The van der Waals surface area contributed by atoms with Gasteiger partial charge in [0, 0.05) is 12.1 Å². The molecule has 0 aromatic heterocycles. The molecule has 0 aliphatic carbocycles. The number of benzene rings is 2. The first-order chi connectivity index (χ1) is 13.2. The molecule has 0 unspecified atom stereocenters. The van der Waals surface area contributed by atoms with Crippen molar-refractivity contribution in [2.75, 3.05) is 24.7 Å². The van der Waals surface area contributed by atoms with Gasteiger partial charge < -0.3 is 9.64 Å². The molecule has 2 aromatic carbocycles. The molecule has 0 bridgehead atoms. The van der Waals surface area contributed by atoms with Gasteiger partial charge >= 0.3 is 0 Å². The Kier molecular flexibility index (Phi) is 6.61. The van der Waals surface area contributed by atoms with Crippen LogP contribution in [0.15, 0.2) is 72.3 Å². The molecule has 0 radical (unpaired) electrons. The topological polar surface area (TPSA) is 29.5 Å². The monoisotopic (exact) mass is 361 g/mol. The predicted octanol–water partition coefficient (Wildman–Crippen LogP) is 5.17. The van der Waals surface area contributed by atoms with E-state index in [1.54, 1.807) is 0 Å². The van der Waals surface area contributed by atoms with E-state index in [1.165, 1.54) is 0 Å². The van der Waals surface area contributed by atoms with Crippen molar-refractivity contribution in [2.24, 2.45) is 0 Å². The van der Waals surface area contributed by atoms with Crippen molar-refractivity contribution in [3.63, 3.8) is 0 Å². The van der Waals surface area contributed by atoms with Gasteiger partial charge in [-0.15, -0.1) is 0 Å². The Hall–Kier alpha value is -2.65. The van der Waals surface area contributed by atoms with E-state index in [0.29, 0.717) is 26.2 Å². The summed E-state index contributed by atoms with van der Waals surface area (Å²) in [6.45, 7) is 5.76. The molecule has 3 heteroatoms. The fourth-order valence-corrected chi connectivity index (χ4v) is 3.35. The largest absolute Gasteiger partial charge is 0.375 e. The fourth-order valence-electron chi connectivity index (χ4n) is 3.35. The van der Waals surface area contributed by atoms with E-state index in [0.717, 1.165) is 34.4 Å². The fraction of sp³-hybridized carbons (Fsp3) is 0.292. The molecule has 3 rings (SSSR count). The number of allylic oxidation sites excluding steroid dienone is 2. The Morgan fingerprint density at radius 2 is 1.85 bits per heavy atom. The molecule has 0 fully saturated rings. The van der Waals surface area contributed by atoms with Crippen LogP contribution in [0.4, 0.5) is 5.69 Å². The normalized spacial score (nSPS) is 14.2. The number of ether oxygens (including phenoxy) is 1. The van der Waals surface area contributed by atoms with E-state index >= 15 is 0 Å². The lowest BCUT2D eigenvalue weighted by atomic mass is 9.98. The standard InChI is InChI=1S/C24H27NO2/c1-3-5-10-19(4-2)18-27-16-15-25-23-14-9-8-13-22(23)21-12-7-6-11-20(21)17-24(25)26/h4-14H,3,15-18H2,1-2H3/b10-5-,19-4+. The van der Waals surface area contributed by atoms with Crippen molar-refractivity contribution < 1.29 is 9.53 Å². The quantitative estimate of drug-likeness (QED) is 0.503. The zero-order chi connectivity index (χ0) is 19.1. The highest BCUT2D eigenvalue weighted by molar-refractivity contribution is 6.02. The van der Waals surface area contributed by atoms with Gasteiger partial charge in [-0.25, -0.2) is 0 Å². The second kappa shape index (κ2) is 9.33. The molecule has 0 N–H and O–H groups in total. The molecule has 140 valence electrons. The van der Waals surface area contributed by atoms with Gasteiger partial charge in [-0.3, -0.25) is 4.79 Å². The second-order valence-electron chi connectivity index (χ2n) is 6.62. The van der Waals surface area contributed by atoms with E-state index in [1.807, 2.05) is 48.2 Å². The van der Waals surface area contributed by atoms with E-state index in [9.17, 15) is 4.79 Å². The average Bonchev–Trinajstić information content (AvgIpc) is 2.82. The summed E-state index contributed by atoms with van der Waals surface area (Å²) in [6, 6.07) is 16.3. The molecule has 0 atom stereocenters. The van der Waals surface area contributed by atoms with Crippen molar-refractivity contribution in [3.8, 4) is 11.1 Å². The lowest BCUT2D eigenvalue weighted by Crippen LogP contribution is -2.34. The SMILES string of the molecule is C/C=C(\C=C/CC)COCCN1C(=O)Cc2ccccc2-c2ccccc21. The Bertz CT molecular complexity index is 851. The Labute approximate surface area is 162 Å². The zero-order valence-electron chi connectivity index (χ0n) is 16.2. The Balaban J connectivity index is 1.73. The smallest absolute Gasteiger partial charge is 0.231 e. The van der Waals surface area contributed by atoms with Crippen molar-refractivity contribution in [1.82, 2.24) is 0 Å². The van der Waals surface area contributed by atoms with Crippen molar-refractivity contribution >= 4 is 11.6 Å². The van der Waals surface area contributed by atoms with E-state index in [4.69, 9.17) is 4.74 Å². The summed E-state index contributed by atoms with van der Waals surface area (Å²) in [4.78, 5) is 14.8. The summed E-state index contributed by atoms with van der Waals surface area (Å²) in [5.41, 5.74) is 5.46. The van der Waals surface area contributed by atoms with Gasteiger partial charge in [0.05, 0.1) is 25.3 Å². The minimum absolute atomic E-state index is 0.119. The van der Waals surface area contributed by atoms with Gasteiger partial charge in [-0.2, -0.15) is 0 Å². The van der Waals surface area contributed by atoms with Gasteiger partial charge in [-0.1, -0.05) is 67.6 Å². The maximum Gasteiger partial charge on any atom is 0.231 e. The van der Waals surface area contributed by atoms with E-state index in [2.05, 4.69) is 37.3 Å². The van der Waals surface area contributed by atoms with Gasteiger partial charge in [0.15, 0.2) is 0 Å². The molecule has 1 amide bonds. The van der Waals surface area contributed by atoms with Crippen LogP contribution in [0.2, 0.25) is 0 Å². The molecular formula is C24H27NO2. The third-order valence-electron chi connectivity index (χ3n) is 4.81. The Morgan fingerprint density at radius 1 is 1.11 bits per heavy atom. The maximum absolute atomic E-state index is 12.9. The lowest BCUT2D eigenvalue weighted by molar-refractivity contribution is -0.118. The third kappa shape index (κ3) is 4.55. The molecule has 0 spiro atoms. The van der Waals surface area contributed by atoms with Gasteiger partial charge in [-0.05, 0) is 36.1 Å². The van der Waals surface area contributed by atoms with Crippen LogP contribution in [0.5, 0.6) is 0 Å². The summed E-state index contributed by atoms with van der Waals surface area (Å²) in [5, 5.41) is 0. The predicted molar refractivity (Wildman–Crippen MR) is 112 cm³/mol. The molecule has 1 aliphatic heterocycles. The van der Waals surface area contributed by atoms with Crippen molar-refractivity contribution in [1.29, 1.82) is 0 Å². The first-order valence-electron chi connectivity index (χ1n) is 9.61. The summed E-state index contributed by atoms with van der Waals surface area (Å²) < 4.78 is 5.85. The Morgan fingerprint density at radius 3 is 2.63 bits per heavy atom. The second-order valence-corrected chi connectivity index (χ2v) is 6.62. The number of fused-ring (bicyclic) bond motifs is 3. The molecule has 2 aromatic rings. The van der Waals surface area contributed by atoms with Crippen LogP contribution in [0.1, 0.15) is 25.8 Å². The minimum atomic E-state index is 0.119. The highest BCUT2D eigenvalue weighted by atomic mass is 16.5. The van der Waals surface area contributed by atoms with E-state index < -0.39 is 0 Å². The number of amides is 1. The highest BCUT2D eigenvalue weighted by Gasteiger charge is 2.24. The van der Waals surface area contributed by atoms with Crippen LogP contribution in [-0.4, -0.2) is 25.7 Å². The summed E-state index contributed by atoms with van der Waals surface area (Å²) in [5.74, 6) is 0.119. The van der Waals surface area contributed by atoms with Crippen LogP contribution >= 0.6 is 0 Å². The van der Waals surface area contributed by atoms with Crippen LogP contribution in [-0.2, 0) is 16.0 Å². The van der Waals surface area contributed by atoms with Gasteiger partial charge in [0.25, 0.3) is 0 Å². The van der Waals surface area contributed by atoms with Crippen molar-refractivity contribution in [2.45, 2.75) is 26.7 Å². The molecule has 3 nitrogen and oxygen atoms in total. The number of hydrogen-bond acceptors (Lipinski definition) is 2. The first kappa shape index (κ1) is 19.1. The van der Waals surface area contributed by atoms with Crippen molar-refractivity contribution in [3.05, 3.63) is 77.9 Å². The molecule has 27 heavy (non-hydrogen) atoms. The molecular weight excluding hydrogens is 334 g/mol. The highest BCUT2D eigenvalue weighted by Crippen LogP contribution is 2.36. The minimum Gasteiger partial charge on any atom is -0.375 e. The molecule has 0 saturated carbocycles. The third-order valence-corrected chi connectivity index (χ3v) is 4.81. The summed E-state index contributed by atoms with van der Waals surface area (Å²) >= 11 is 0. The number of hydrogen-bond donors (Lipinski definition) is 0. The molecule has 1 aliphatic rings. The number of nitrogens with zero attached hydrogens (tertiary/aromatic N) is 1. The number of anilines is 1. The van der Waals surface area contributed by atoms with Crippen LogP contribution in [0.3, 0.4) is 0 Å². The maximum atomic E-state index is 12.9. The van der Waals surface area contributed by atoms with Gasteiger partial charge in [0.2, 0.25) is 5.91 Å². The van der Waals surface area contributed by atoms with Crippen LogP contribution in [0.25, 0.3) is 11.1 Å². The van der Waals surface area contributed by atoms with Crippen LogP contribution in [0, 0.1) is 0 Å². The number of carbonyl (C=O) groups excluding carboxylic acids is 1.